The van der Waals surface area contributed by atoms with Gasteiger partial charge in [0.1, 0.15) is 5.75 Å². The predicted molar refractivity (Wildman–Crippen MR) is 77.9 cm³/mol. The van der Waals surface area contributed by atoms with Gasteiger partial charge in [-0.25, -0.2) is 4.79 Å². The van der Waals surface area contributed by atoms with Crippen molar-refractivity contribution in [3.05, 3.63) is 29.3 Å². The minimum atomic E-state index is 0.0675. The van der Waals surface area contributed by atoms with E-state index in [0.717, 1.165) is 38.3 Å². The van der Waals surface area contributed by atoms with E-state index in [2.05, 4.69) is 31.3 Å². The number of carbonyl (C=O) groups excluding carboxylic acids is 1. The molecule has 1 aromatic carbocycles. The zero-order valence-electron chi connectivity index (χ0n) is 12.2. The fraction of sp³-hybridized carbons (Fsp3) is 0.562. The van der Waals surface area contributed by atoms with Crippen LogP contribution in [0.3, 0.4) is 0 Å². The summed E-state index contributed by atoms with van der Waals surface area (Å²) in [6, 6.07) is 6.58. The van der Waals surface area contributed by atoms with Gasteiger partial charge in [-0.05, 0) is 42.0 Å². The van der Waals surface area contributed by atoms with E-state index in [1.54, 1.807) is 0 Å². The van der Waals surface area contributed by atoms with Crippen molar-refractivity contribution in [2.75, 3.05) is 19.7 Å². The highest BCUT2D eigenvalue weighted by Gasteiger charge is 2.35. The second-order valence-electron chi connectivity index (χ2n) is 6.04. The lowest BCUT2D eigenvalue weighted by molar-refractivity contribution is 0.200. The van der Waals surface area contributed by atoms with E-state index in [4.69, 9.17) is 4.74 Å². The molecule has 2 amide bonds. The van der Waals surface area contributed by atoms with Gasteiger partial charge in [0, 0.05) is 13.1 Å². The first kappa shape index (κ1) is 13.3. The third-order valence-electron chi connectivity index (χ3n) is 4.14. The van der Waals surface area contributed by atoms with Crippen LogP contribution in [-0.2, 0) is 6.42 Å². The Labute approximate surface area is 120 Å². The number of rotatable bonds is 4. The van der Waals surface area contributed by atoms with Crippen LogP contribution in [0.1, 0.15) is 37.4 Å². The second-order valence-corrected chi connectivity index (χ2v) is 6.04. The number of hydrogen-bond acceptors (Lipinski definition) is 2. The molecule has 0 bridgehead atoms. The van der Waals surface area contributed by atoms with Crippen LogP contribution >= 0.6 is 0 Å². The van der Waals surface area contributed by atoms with Crippen molar-refractivity contribution >= 4 is 6.03 Å². The molecule has 1 atom stereocenters. The number of nitrogens with one attached hydrogen (secondary N) is 1. The van der Waals surface area contributed by atoms with Gasteiger partial charge >= 0.3 is 6.03 Å². The summed E-state index contributed by atoms with van der Waals surface area (Å²) < 4.78 is 5.82. The van der Waals surface area contributed by atoms with Crippen molar-refractivity contribution in [3.63, 3.8) is 0 Å². The van der Waals surface area contributed by atoms with Gasteiger partial charge in [0.2, 0.25) is 0 Å². The molecule has 20 heavy (non-hydrogen) atoms. The molecule has 1 saturated heterocycles. The summed E-state index contributed by atoms with van der Waals surface area (Å²) in [6.07, 6.45) is 1.99. The highest BCUT2D eigenvalue weighted by molar-refractivity contribution is 5.77. The lowest BCUT2D eigenvalue weighted by atomic mass is 9.93. The van der Waals surface area contributed by atoms with E-state index in [-0.39, 0.29) is 12.1 Å². The molecule has 0 aromatic heterocycles. The molecule has 0 radical (unpaired) electrons. The zero-order chi connectivity index (χ0) is 14.1. The van der Waals surface area contributed by atoms with Crippen LogP contribution in [0, 0.1) is 5.92 Å². The fourth-order valence-corrected chi connectivity index (χ4v) is 2.94. The number of benzene rings is 1. The summed E-state index contributed by atoms with van der Waals surface area (Å²) in [6.45, 7) is 6.70. The molecule has 1 N–H and O–H groups in total. The third kappa shape index (κ3) is 2.47. The van der Waals surface area contributed by atoms with E-state index < -0.39 is 0 Å². The molecule has 2 aliphatic rings. The van der Waals surface area contributed by atoms with Gasteiger partial charge in [-0.1, -0.05) is 19.9 Å². The smallest absolute Gasteiger partial charge is 0.318 e. The molecule has 1 aromatic rings. The van der Waals surface area contributed by atoms with Gasteiger partial charge in [-0.2, -0.15) is 0 Å². The number of fused-ring (bicyclic) bond motifs is 3. The maximum Gasteiger partial charge on any atom is 0.318 e. The summed E-state index contributed by atoms with van der Waals surface area (Å²) in [7, 11) is 0. The Bertz CT molecular complexity index is 513. The van der Waals surface area contributed by atoms with Crippen molar-refractivity contribution in [3.8, 4) is 5.75 Å². The molecule has 0 aliphatic carbocycles. The third-order valence-corrected chi connectivity index (χ3v) is 4.14. The van der Waals surface area contributed by atoms with E-state index in [0.29, 0.717) is 5.92 Å². The van der Waals surface area contributed by atoms with Gasteiger partial charge in [0.05, 0.1) is 12.6 Å². The lowest BCUT2D eigenvalue weighted by Gasteiger charge is -2.30. The first-order chi connectivity index (χ1) is 9.65. The van der Waals surface area contributed by atoms with Crippen LogP contribution in [0.15, 0.2) is 18.2 Å². The number of carbonyl (C=O) groups is 1. The first-order valence-corrected chi connectivity index (χ1v) is 7.45. The van der Waals surface area contributed by atoms with Crippen LogP contribution in [0.5, 0.6) is 5.75 Å². The number of ether oxygens (including phenoxy) is 1. The Hall–Kier alpha value is -1.71. The van der Waals surface area contributed by atoms with Crippen molar-refractivity contribution in [1.82, 2.24) is 10.2 Å². The monoisotopic (exact) mass is 274 g/mol. The summed E-state index contributed by atoms with van der Waals surface area (Å²) in [5.41, 5.74) is 2.59. The zero-order valence-corrected chi connectivity index (χ0v) is 12.2. The normalized spacial score (nSPS) is 20.6. The van der Waals surface area contributed by atoms with Gasteiger partial charge in [-0.3, -0.25) is 0 Å². The Balaban J connectivity index is 1.72. The summed E-state index contributed by atoms with van der Waals surface area (Å²) in [4.78, 5) is 13.6. The van der Waals surface area contributed by atoms with Crippen LogP contribution < -0.4 is 10.1 Å². The van der Waals surface area contributed by atoms with Crippen LogP contribution in [0.2, 0.25) is 0 Å². The average Bonchev–Trinajstić information content (AvgIpc) is 2.80. The number of urea groups is 1. The second kappa shape index (κ2) is 5.35. The Morgan fingerprint density at radius 1 is 1.45 bits per heavy atom. The minimum Gasteiger partial charge on any atom is -0.494 e. The molecule has 4 heteroatoms. The molecular formula is C16H22N2O2. The van der Waals surface area contributed by atoms with Crippen LogP contribution in [0.25, 0.3) is 0 Å². The summed E-state index contributed by atoms with van der Waals surface area (Å²) in [5, 5.41) is 2.92. The Morgan fingerprint density at radius 2 is 2.30 bits per heavy atom. The van der Waals surface area contributed by atoms with Crippen molar-refractivity contribution < 1.29 is 9.53 Å². The SMILES string of the molecule is CC(C)CCOc1ccc2c(c1)CCN1C(=O)NCC21. The Morgan fingerprint density at radius 3 is 3.10 bits per heavy atom. The van der Waals surface area contributed by atoms with Crippen molar-refractivity contribution in [2.24, 2.45) is 5.92 Å². The van der Waals surface area contributed by atoms with Gasteiger partial charge < -0.3 is 15.0 Å². The first-order valence-electron chi connectivity index (χ1n) is 7.45. The molecular weight excluding hydrogens is 252 g/mol. The molecule has 0 spiro atoms. The Kier molecular flexibility index (Phi) is 3.55. The molecule has 1 fully saturated rings. The molecule has 108 valence electrons. The highest BCUT2D eigenvalue weighted by Crippen LogP contribution is 2.34. The molecule has 2 heterocycles. The van der Waals surface area contributed by atoms with E-state index in [1.165, 1.54) is 11.1 Å². The fourth-order valence-electron chi connectivity index (χ4n) is 2.94. The molecule has 0 saturated carbocycles. The maximum absolute atomic E-state index is 11.7. The molecule has 3 rings (SSSR count). The molecule has 4 nitrogen and oxygen atoms in total. The van der Waals surface area contributed by atoms with Gasteiger partial charge in [0.25, 0.3) is 0 Å². The number of nitrogens with zero attached hydrogens (tertiary/aromatic N) is 1. The van der Waals surface area contributed by atoms with Gasteiger partial charge in [0.15, 0.2) is 0 Å². The van der Waals surface area contributed by atoms with E-state index in [1.807, 2.05) is 11.0 Å². The lowest BCUT2D eigenvalue weighted by Crippen LogP contribution is -2.35. The topological polar surface area (TPSA) is 41.6 Å². The van der Waals surface area contributed by atoms with Gasteiger partial charge in [-0.15, -0.1) is 0 Å². The molecule has 1 unspecified atom stereocenters. The number of hydrogen-bond donors (Lipinski definition) is 1. The minimum absolute atomic E-state index is 0.0675. The standard InChI is InChI=1S/C16H22N2O2/c1-11(2)6-8-20-13-3-4-14-12(9-13)5-7-18-15(14)10-17-16(18)19/h3-4,9,11,15H,5-8,10H2,1-2H3,(H,17,19). The van der Waals surface area contributed by atoms with Crippen molar-refractivity contribution in [1.29, 1.82) is 0 Å². The summed E-state index contributed by atoms with van der Waals surface area (Å²) in [5.74, 6) is 1.62. The van der Waals surface area contributed by atoms with Crippen molar-refractivity contribution in [2.45, 2.75) is 32.7 Å². The van der Waals surface area contributed by atoms with Crippen LogP contribution in [0.4, 0.5) is 4.79 Å². The summed E-state index contributed by atoms with van der Waals surface area (Å²) >= 11 is 0. The van der Waals surface area contributed by atoms with E-state index in [9.17, 15) is 4.79 Å². The van der Waals surface area contributed by atoms with E-state index >= 15 is 0 Å². The van der Waals surface area contributed by atoms with Crippen LogP contribution in [-0.4, -0.2) is 30.6 Å². The predicted octanol–water partition coefficient (Wildman–Crippen LogP) is 2.73. The quantitative estimate of drug-likeness (QED) is 0.917. The molecule has 2 aliphatic heterocycles. The highest BCUT2D eigenvalue weighted by atomic mass is 16.5. The maximum atomic E-state index is 11.7. The largest absolute Gasteiger partial charge is 0.494 e. The number of amides is 2. The average molecular weight is 274 g/mol.